The van der Waals surface area contributed by atoms with Gasteiger partial charge in [0.25, 0.3) is 0 Å². The molecule has 4 heterocycles. The van der Waals surface area contributed by atoms with E-state index in [4.69, 9.17) is 57.4 Å². The molecule has 2 saturated heterocycles. The van der Waals surface area contributed by atoms with Crippen molar-refractivity contribution in [2.75, 3.05) is 41.4 Å². The molecule has 0 amide bonds. The van der Waals surface area contributed by atoms with E-state index in [9.17, 15) is 10.2 Å². The van der Waals surface area contributed by atoms with Crippen LogP contribution < -0.4 is 18.9 Å². The van der Waals surface area contributed by atoms with Gasteiger partial charge in [-0.25, -0.2) is 9.13 Å². The molecule has 4 aliphatic heterocycles. The van der Waals surface area contributed by atoms with E-state index in [0.717, 1.165) is 61.8 Å². The molecule has 0 aromatic heterocycles. The number of nitrogens with zero attached hydrogens (tertiary/aromatic N) is 2. The summed E-state index contributed by atoms with van der Waals surface area (Å²) in [6.07, 6.45) is 11.1. The third-order valence-electron chi connectivity index (χ3n) is 12.7. The highest BCUT2D eigenvalue weighted by molar-refractivity contribution is 7.45. The number of hydrogen-bond donors (Lipinski definition) is 8. The van der Waals surface area contributed by atoms with Crippen molar-refractivity contribution in [1.29, 1.82) is 0 Å². The van der Waals surface area contributed by atoms with E-state index < -0.39 is 27.9 Å². The monoisotopic (exact) mass is 812 g/mol. The number of likely N-dealkylation sites (tertiary alicyclic amines) is 2. The molecule has 304 valence electrons. The molecule has 4 bridgehead atoms. The first-order chi connectivity index (χ1) is 25.3. The van der Waals surface area contributed by atoms with Crippen molar-refractivity contribution in [2.24, 2.45) is 11.8 Å². The van der Waals surface area contributed by atoms with Gasteiger partial charge in [-0.05, 0) is 76.1 Å². The van der Waals surface area contributed by atoms with Gasteiger partial charge < -0.3 is 73.8 Å². The third kappa shape index (κ3) is 6.97. The molecule has 0 radical (unpaired) electrons. The highest BCUT2D eigenvalue weighted by Crippen LogP contribution is 2.64. The normalized spacial score (nSPS) is 35.0. The topological polar surface area (TPSA) is 271 Å². The number of aliphatic hydroxyl groups excluding tert-OH is 2. The molecule has 4 unspecified atom stereocenters. The van der Waals surface area contributed by atoms with Crippen LogP contribution >= 0.6 is 15.6 Å². The summed E-state index contributed by atoms with van der Waals surface area (Å²) < 4.78 is 41.4. The Labute approximate surface area is 318 Å². The maximum Gasteiger partial charge on any atom is 0.466 e. The second-order valence-corrected chi connectivity index (χ2v) is 17.3. The van der Waals surface area contributed by atoms with Crippen LogP contribution in [0.2, 0.25) is 0 Å². The summed E-state index contributed by atoms with van der Waals surface area (Å²) in [4.78, 5) is 48.1. The molecule has 10 N–H and O–H groups in total. The summed E-state index contributed by atoms with van der Waals surface area (Å²) in [7, 11) is -1.46. The Morgan fingerprint density at radius 2 is 1.00 bits per heavy atom. The quantitative estimate of drug-likeness (QED) is 0.150. The molecular weight excluding hydrogens is 762 g/mol. The zero-order valence-corrected chi connectivity index (χ0v) is 32.6. The Morgan fingerprint density at radius 3 is 1.33 bits per heavy atom. The van der Waals surface area contributed by atoms with E-state index >= 15 is 0 Å². The van der Waals surface area contributed by atoms with Gasteiger partial charge in [0, 0.05) is 45.9 Å². The number of aliphatic hydroxyl groups is 2. The largest absolute Gasteiger partial charge is 0.493 e. The van der Waals surface area contributed by atoms with E-state index in [0.29, 0.717) is 23.9 Å². The predicted octanol–water partition coefficient (Wildman–Crippen LogP) is 0.320. The maximum atomic E-state index is 10.6. The molecule has 2 fully saturated rings. The first-order valence-electron chi connectivity index (χ1n) is 17.8. The summed E-state index contributed by atoms with van der Waals surface area (Å²) in [5.74, 6) is 4.18. The average molecular weight is 813 g/mol. The smallest absolute Gasteiger partial charge is 0.466 e. The molecule has 10 atom stereocenters. The second kappa shape index (κ2) is 14.8. The van der Waals surface area contributed by atoms with Crippen molar-refractivity contribution in [3.8, 4) is 23.0 Å². The lowest BCUT2D eigenvalue weighted by Gasteiger charge is -2.56. The van der Waals surface area contributed by atoms with Crippen molar-refractivity contribution < 1.29 is 73.1 Å². The van der Waals surface area contributed by atoms with E-state index in [1.807, 2.05) is 24.3 Å². The maximum absolute atomic E-state index is 10.6. The van der Waals surface area contributed by atoms with E-state index in [1.54, 1.807) is 14.2 Å². The number of piperidine rings is 2. The summed E-state index contributed by atoms with van der Waals surface area (Å²) >= 11 is 0. The Hall–Kier alpha value is -2.86. The summed E-state index contributed by atoms with van der Waals surface area (Å²) in [6, 6.07) is 9.40. The van der Waals surface area contributed by atoms with Gasteiger partial charge >= 0.3 is 15.6 Å². The van der Waals surface area contributed by atoms with Crippen molar-refractivity contribution in [1.82, 2.24) is 9.80 Å². The fourth-order valence-electron chi connectivity index (χ4n) is 10.8. The van der Waals surface area contributed by atoms with E-state index in [2.05, 4.69) is 48.2 Å². The molecule has 2 aromatic carbocycles. The molecule has 19 heteroatoms. The van der Waals surface area contributed by atoms with Gasteiger partial charge in [-0.1, -0.05) is 36.4 Å². The zero-order valence-electron chi connectivity index (χ0n) is 30.8. The molecule has 8 aliphatic rings. The van der Waals surface area contributed by atoms with Crippen LogP contribution in [-0.2, 0) is 32.8 Å². The molecule has 2 aromatic rings. The van der Waals surface area contributed by atoms with Crippen molar-refractivity contribution in [3.05, 3.63) is 70.8 Å². The standard InChI is InChI=1S/2C18H21NO3.2H3O4P.H2O/c2*1-19-8-7-18-11-4-5-13(20)17(18)22-16-14(21-2)6-3-10(15(16)18)9-12(11)19;2*1-5(2,3)4;/h2*3-6,11-13,17,20H,7-9H2,1-2H3;2*(H3,1,2,3,4);1H2/t2*11-,12?,13-,17-,18?;;;/m00.../s1. The number of hydrogen-bond acceptors (Lipinski definition) is 10. The minimum atomic E-state index is -4.64. The average Bonchev–Trinajstić information content (AvgIpc) is 3.63. The van der Waals surface area contributed by atoms with Gasteiger partial charge in [0.15, 0.2) is 23.0 Å². The van der Waals surface area contributed by atoms with Gasteiger partial charge in [0.1, 0.15) is 24.4 Å². The van der Waals surface area contributed by atoms with Gasteiger partial charge in [-0.3, -0.25) is 0 Å². The van der Waals surface area contributed by atoms with Gasteiger partial charge in [-0.15, -0.1) is 0 Å². The predicted molar refractivity (Wildman–Crippen MR) is 197 cm³/mol. The molecular formula is C36H50N2O15P2. The highest BCUT2D eigenvalue weighted by atomic mass is 31.2. The van der Waals surface area contributed by atoms with Crippen LogP contribution in [0.5, 0.6) is 23.0 Å². The second-order valence-electron chi connectivity index (χ2n) is 15.3. The molecule has 2 spiro atoms. The van der Waals surface area contributed by atoms with Crippen LogP contribution in [0.15, 0.2) is 48.6 Å². The van der Waals surface area contributed by atoms with Crippen LogP contribution in [0.3, 0.4) is 0 Å². The molecule has 0 saturated carbocycles. The summed E-state index contributed by atoms with van der Waals surface area (Å²) in [5, 5.41) is 21.1. The molecule has 4 aliphatic carbocycles. The number of likely N-dealkylation sites (N-methyl/N-ethyl adjacent to an activating group) is 2. The summed E-state index contributed by atoms with van der Waals surface area (Å²) in [5.41, 5.74) is 5.21. The Morgan fingerprint density at radius 1 is 0.655 bits per heavy atom. The van der Waals surface area contributed by atoms with Gasteiger partial charge in [-0.2, -0.15) is 0 Å². The lowest BCUT2D eigenvalue weighted by molar-refractivity contribution is -0.0453. The van der Waals surface area contributed by atoms with E-state index in [1.165, 1.54) is 22.3 Å². The number of benzene rings is 2. The molecule has 55 heavy (non-hydrogen) atoms. The number of methoxy groups -OCH3 is 2. The number of rotatable bonds is 2. The van der Waals surface area contributed by atoms with Crippen molar-refractivity contribution in [3.63, 3.8) is 0 Å². The van der Waals surface area contributed by atoms with Crippen LogP contribution in [0.4, 0.5) is 0 Å². The minimum absolute atomic E-state index is 0. The number of ether oxygens (including phenoxy) is 4. The highest BCUT2D eigenvalue weighted by Gasteiger charge is 2.65. The van der Waals surface area contributed by atoms with Crippen molar-refractivity contribution in [2.45, 2.75) is 73.0 Å². The molecule has 10 rings (SSSR count). The van der Waals surface area contributed by atoms with Crippen LogP contribution in [0, 0.1) is 11.8 Å². The Kier molecular flexibility index (Phi) is 11.3. The van der Waals surface area contributed by atoms with Crippen LogP contribution in [0.25, 0.3) is 0 Å². The number of phosphoric acid groups is 2. The van der Waals surface area contributed by atoms with Crippen LogP contribution in [-0.4, -0.2) is 133 Å². The minimum Gasteiger partial charge on any atom is -0.493 e. The van der Waals surface area contributed by atoms with Crippen LogP contribution in [0.1, 0.15) is 35.1 Å². The van der Waals surface area contributed by atoms with Crippen molar-refractivity contribution >= 4 is 15.6 Å². The first-order valence-corrected chi connectivity index (χ1v) is 20.9. The third-order valence-corrected chi connectivity index (χ3v) is 12.7. The lowest BCUT2D eigenvalue weighted by atomic mass is 9.53. The van der Waals surface area contributed by atoms with Gasteiger partial charge in [0.05, 0.1) is 14.2 Å². The molecule has 17 nitrogen and oxygen atoms in total. The lowest BCUT2D eigenvalue weighted by Crippen LogP contribution is -2.64. The Bertz CT molecular complexity index is 1800. The SMILES string of the molecule is COc1ccc2c3c1O[C@H]1[C@@H](O)C=C[C@H]4C(C2)N(C)CCC341.COc1ccc2c3c1O[C@H]1[C@@H](O)C=C[C@H]4C(C2)N(C)CCC341.O.O=P(O)(O)O.O=P(O)(O)O. The fraction of sp³-hybridized carbons (Fsp3) is 0.556. The van der Waals surface area contributed by atoms with E-state index in [-0.39, 0.29) is 28.5 Å². The van der Waals surface area contributed by atoms with Gasteiger partial charge in [0.2, 0.25) is 0 Å². The zero-order chi connectivity index (χ0) is 39.1. The first kappa shape index (κ1) is 41.8. The fourth-order valence-corrected chi connectivity index (χ4v) is 10.8. The Balaban J connectivity index is 0.000000149. The summed E-state index contributed by atoms with van der Waals surface area (Å²) in [6.45, 7) is 2.11.